The highest BCUT2D eigenvalue weighted by Crippen LogP contribution is 2.22. The Kier molecular flexibility index (Phi) is 5.46. The lowest BCUT2D eigenvalue weighted by molar-refractivity contribution is 0.306. The summed E-state index contributed by atoms with van der Waals surface area (Å²) in [5.74, 6) is 0.339. The number of hydrogen-bond donors (Lipinski definition) is 0. The van der Waals surface area contributed by atoms with E-state index in [2.05, 4.69) is 12.1 Å². The summed E-state index contributed by atoms with van der Waals surface area (Å²) in [6.45, 7) is 2.54. The Bertz CT molecular complexity index is 968. The van der Waals surface area contributed by atoms with Gasteiger partial charge in [-0.05, 0) is 42.3 Å². The second kappa shape index (κ2) is 8.13. The molecule has 3 aromatic carbocycles. The van der Waals surface area contributed by atoms with Crippen LogP contribution in [0, 0.1) is 24.1 Å². The third kappa shape index (κ3) is 4.37. The highest BCUT2D eigenvalue weighted by molar-refractivity contribution is 5.89. The van der Waals surface area contributed by atoms with Crippen molar-refractivity contribution in [3.63, 3.8) is 0 Å². The second-order valence-electron chi connectivity index (χ2n) is 6.00. The van der Waals surface area contributed by atoms with Crippen LogP contribution in [0.2, 0.25) is 0 Å². The average molecular weight is 343 g/mol. The Morgan fingerprint density at radius 2 is 1.81 bits per heavy atom. The Morgan fingerprint density at radius 1 is 1.04 bits per heavy atom. The Hall–Kier alpha value is -3.38. The molecule has 0 aliphatic rings. The number of benzene rings is 3. The molecule has 3 rings (SSSR count). The fourth-order valence-electron chi connectivity index (χ4n) is 2.65. The lowest BCUT2D eigenvalue weighted by atomic mass is 10.0. The maximum atomic E-state index is 13.9. The smallest absolute Gasteiger partial charge is 0.131 e. The van der Waals surface area contributed by atoms with Crippen molar-refractivity contribution < 1.29 is 9.13 Å². The lowest BCUT2D eigenvalue weighted by Gasteiger charge is -2.07. The van der Waals surface area contributed by atoms with E-state index in [1.54, 1.807) is 24.3 Å². The van der Waals surface area contributed by atoms with E-state index in [0.29, 0.717) is 12.2 Å². The first-order chi connectivity index (χ1) is 12.7. The minimum absolute atomic E-state index is 0.288. The van der Waals surface area contributed by atoms with Gasteiger partial charge in [-0.3, -0.25) is 0 Å². The van der Waals surface area contributed by atoms with Crippen LogP contribution >= 0.6 is 0 Å². The number of hydrogen-bond acceptors (Lipinski definition) is 2. The van der Waals surface area contributed by atoms with Crippen molar-refractivity contribution in [3.05, 3.63) is 101 Å². The van der Waals surface area contributed by atoms with Gasteiger partial charge < -0.3 is 4.74 Å². The first-order valence-electron chi connectivity index (χ1n) is 8.31. The molecule has 2 nitrogen and oxygen atoms in total. The van der Waals surface area contributed by atoms with Gasteiger partial charge in [0.05, 0.1) is 11.6 Å². The van der Waals surface area contributed by atoms with E-state index in [0.717, 1.165) is 16.9 Å². The van der Waals surface area contributed by atoms with Gasteiger partial charge >= 0.3 is 0 Å². The third-order valence-corrected chi connectivity index (χ3v) is 3.96. The predicted octanol–water partition coefficient (Wildman–Crippen LogP) is 5.78. The lowest BCUT2D eigenvalue weighted by Crippen LogP contribution is -1.95. The molecule has 0 spiro atoms. The van der Waals surface area contributed by atoms with Crippen LogP contribution < -0.4 is 4.74 Å². The van der Waals surface area contributed by atoms with Crippen molar-refractivity contribution in [1.29, 1.82) is 5.26 Å². The van der Waals surface area contributed by atoms with Crippen LogP contribution in [0.1, 0.15) is 22.3 Å². The minimum Gasteiger partial charge on any atom is -0.489 e. The molecule has 0 amide bonds. The van der Waals surface area contributed by atoms with Crippen LogP contribution in [-0.2, 0) is 6.61 Å². The van der Waals surface area contributed by atoms with Crippen LogP contribution in [0.4, 0.5) is 4.39 Å². The van der Waals surface area contributed by atoms with Crippen molar-refractivity contribution in [3.8, 4) is 11.8 Å². The molecule has 0 fully saturated rings. The van der Waals surface area contributed by atoms with Crippen molar-refractivity contribution in [2.45, 2.75) is 13.5 Å². The number of nitriles is 1. The molecule has 0 N–H and O–H groups in total. The Morgan fingerprint density at radius 3 is 2.50 bits per heavy atom. The molecule has 3 heteroatoms. The summed E-state index contributed by atoms with van der Waals surface area (Å²) < 4.78 is 19.7. The number of ether oxygens (including phenoxy) is 1. The summed E-state index contributed by atoms with van der Waals surface area (Å²) in [5.41, 5.74) is 3.71. The molecule has 0 aromatic heterocycles. The summed E-state index contributed by atoms with van der Waals surface area (Å²) in [6.07, 6.45) is 1.67. The van der Waals surface area contributed by atoms with E-state index >= 15 is 0 Å². The molecule has 0 heterocycles. The van der Waals surface area contributed by atoms with Crippen molar-refractivity contribution in [2.75, 3.05) is 0 Å². The Labute approximate surface area is 152 Å². The zero-order valence-corrected chi connectivity index (χ0v) is 14.4. The number of aryl methyl sites for hydroxylation is 1. The van der Waals surface area contributed by atoms with Gasteiger partial charge in [0.2, 0.25) is 0 Å². The molecule has 0 radical (unpaired) electrons. The predicted molar refractivity (Wildman–Crippen MR) is 102 cm³/mol. The third-order valence-electron chi connectivity index (χ3n) is 3.96. The number of nitrogens with zero attached hydrogens (tertiary/aromatic N) is 1. The summed E-state index contributed by atoms with van der Waals surface area (Å²) in [4.78, 5) is 0. The van der Waals surface area contributed by atoms with Crippen LogP contribution in [0.3, 0.4) is 0 Å². The largest absolute Gasteiger partial charge is 0.489 e. The van der Waals surface area contributed by atoms with Gasteiger partial charge in [-0.2, -0.15) is 5.26 Å². The van der Waals surface area contributed by atoms with Gasteiger partial charge in [0.25, 0.3) is 0 Å². The summed E-state index contributed by atoms with van der Waals surface area (Å²) in [7, 11) is 0. The SMILES string of the molecule is Cc1cccc(COc2ccc(C=C(C#N)c3ccccc3F)cc2)c1. The molecule has 0 unspecified atom stereocenters. The van der Waals surface area contributed by atoms with Gasteiger partial charge in [0.15, 0.2) is 0 Å². The van der Waals surface area contributed by atoms with Gasteiger partial charge in [0.1, 0.15) is 18.2 Å². The quantitative estimate of drug-likeness (QED) is 0.435. The molecule has 0 aliphatic carbocycles. The van der Waals surface area contributed by atoms with E-state index in [4.69, 9.17) is 4.74 Å². The van der Waals surface area contributed by atoms with Crippen LogP contribution in [0.25, 0.3) is 11.6 Å². The average Bonchev–Trinajstić information content (AvgIpc) is 2.66. The van der Waals surface area contributed by atoms with Crippen molar-refractivity contribution >= 4 is 11.6 Å². The van der Waals surface area contributed by atoms with Crippen LogP contribution in [0.5, 0.6) is 5.75 Å². The first kappa shape index (κ1) is 17.4. The maximum absolute atomic E-state index is 13.9. The second-order valence-corrected chi connectivity index (χ2v) is 6.00. The summed E-state index contributed by atoms with van der Waals surface area (Å²) >= 11 is 0. The fourth-order valence-corrected chi connectivity index (χ4v) is 2.65. The van der Waals surface area contributed by atoms with E-state index in [1.807, 2.05) is 49.4 Å². The number of halogens is 1. The molecular weight excluding hydrogens is 325 g/mol. The Balaban J connectivity index is 1.73. The fraction of sp³-hybridized carbons (Fsp3) is 0.0870. The van der Waals surface area contributed by atoms with Crippen LogP contribution in [0.15, 0.2) is 72.8 Å². The number of rotatable bonds is 5. The zero-order chi connectivity index (χ0) is 18.4. The van der Waals surface area contributed by atoms with Crippen LogP contribution in [-0.4, -0.2) is 0 Å². The van der Waals surface area contributed by atoms with E-state index in [1.165, 1.54) is 11.6 Å². The van der Waals surface area contributed by atoms with Gasteiger partial charge in [-0.15, -0.1) is 0 Å². The minimum atomic E-state index is -0.404. The molecular formula is C23H18FNO. The van der Waals surface area contributed by atoms with Crippen molar-refractivity contribution in [1.82, 2.24) is 0 Å². The molecule has 0 aliphatic heterocycles. The topological polar surface area (TPSA) is 33.0 Å². The highest BCUT2D eigenvalue weighted by atomic mass is 19.1. The van der Waals surface area contributed by atoms with Gasteiger partial charge in [-0.25, -0.2) is 4.39 Å². The monoisotopic (exact) mass is 343 g/mol. The normalized spacial score (nSPS) is 11.0. The molecule has 0 bridgehead atoms. The van der Waals surface area contributed by atoms with E-state index in [9.17, 15) is 9.65 Å². The standard InChI is InChI=1S/C23H18FNO/c1-17-5-4-6-19(13-17)16-26-21-11-9-18(10-12-21)14-20(15-25)22-7-2-3-8-23(22)24/h2-14H,16H2,1H3. The maximum Gasteiger partial charge on any atom is 0.131 e. The molecule has 128 valence electrons. The molecule has 0 atom stereocenters. The first-order valence-corrected chi connectivity index (χ1v) is 8.31. The van der Waals surface area contributed by atoms with E-state index < -0.39 is 5.82 Å². The summed E-state index contributed by atoms with van der Waals surface area (Å²) in [5, 5.41) is 9.34. The van der Waals surface area contributed by atoms with E-state index in [-0.39, 0.29) is 5.57 Å². The molecule has 0 saturated carbocycles. The zero-order valence-electron chi connectivity index (χ0n) is 14.4. The van der Waals surface area contributed by atoms with Crippen molar-refractivity contribution in [2.24, 2.45) is 0 Å². The highest BCUT2D eigenvalue weighted by Gasteiger charge is 2.06. The van der Waals surface area contributed by atoms with Gasteiger partial charge in [-0.1, -0.05) is 60.2 Å². The summed E-state index contributed by atoms with van der Waals surface area (Å²) in [6, 6.07) is 23.9. The molecule has 0 saturated heterocycles. The number of allylic oxidation sites excluding steroid dienone is 1. The molecule has 26 heavy (non-hydrogen) atoms. The van der Waals surface area contributed by atoms with Gasteiger partial charge in [0, 0.05) is 5.56 Å². The molecule has 3 aromatic rings.